The molecule has 5 nitrogen and oxygen atoms in total. The highest BCUT2D eigenvalue weighted by Gasteiger charge is 2.26. The smallest absolute Gasteiger partial charge is 0.272 e. The average Bonchev–Trinajstić information content (AvgIpc) is 3.15. The molecule has 0 atom stereocenters. The molecule has 3 aromatic rings. The molecule has 1 saturated heterocycles. The molecular weight excluding hydrogens is 380 g/mol. The van der Waals surface area contributed by atoms with Crippen LogP contribution >= 0.6 is 11.8 Å². The Kier molecular flexibility index (Phi) is 5.62. The zero-order chi connectivity index (χ0) is 20.4. The third-order valence-corrected chi connectivity index (χ3v) is 6.07. The zero-order valence-corrected chi connectivity index (χ0v) is 17.9. The van der Waals surface area contributed by atoms with Crippen molar-refractivity contribution in [3.63, 3.8) is 0 Å². The maximum Gasteiger partial charge on any atom is 0.272 e. The quantitative estimate of drug-likeness (QED) is 0.610. The van der Waals surface area contributed by atoms with Crippen LogP contribution in [0, 0.1) is 13.8 Å². The minimum absolute atomic E-state index is 0.0462. The monoisotopic (exact) mass is 406 g/mol. The lowest BCUT2D eigenvalue weighted by Crippen LogP contribution is -2.49. The Morgan fingerprint density at radius 3 is 2.45 bits per heavy atom. The van der Waals surface area contributed by atoms with Gasteiger partial charge in [0, 0.05) is 31.1 Å². The van der Waals surface area contributed by atoms with Crippen molar-refractivity contribution in [1.29, 1.82) is 0 Å². The molecule has 1 fully saturated rings. The molecule has 29 heavy (non-hydrogen) atoms. The summed E-state index contributed by atoms with van der Waals surface area (Å²) in [4.78, 5) is 18.9. The second-order valence-corrected chi connectivity index (χ2v) is 8.22. The fourth-order valence-electron chi connectivity index (χ4n) is 3.81. The minimum Gasteiger partial charge on any atom is -0.367 e. The number of carbonyl (C=O) groups is 1. The summed E-state index contributed by atoms with van der Waals surface area (Å²) in [5.41, 5.74) is 4.81. The van der Waals surface area contributed by atoms with Crippen LogP contribution in [0.25, 0.3) is 5.69 Å². The van der Waals surface area contributed by atoms with Gasteiger partial charge in [0.15, 0.2) is 0 Å². The highest BCUT2D eigenvalue weighted by Crippen LogP contribution is 2.29. The maximum atomic E-state index is 13.3. The zero-order valence-electron chi connectivity index (χ0n) is 17.1. The van der Waals surface area contributed by atoms with Crippen molar-refractivity contribution in [2.75, 3.05) is 37.3 Å². The number of nitrogens with zero attached hydrogens (tertiary/aromatic N) is 4. The first-order valence-corrected chi connectivity index (χ1v) is 11.1. The topological polar surface area (TPSA) is 41.4 Å². The molecule has 1 amide bonds. The molecule has 0 N–H and O–H groups in total. The number of aromatic nitrogens is 2. The van der Waals surface area contributed by atoms with Gasteiger partial charge in [-0.05, 0) is 56.0 Å². The number of anilines is 1. The second kappa shape index (κ2) is 8.33. The number of amides is 1. The molecule has 0 unspecified atom stereocenters. The lowest BCUT2D eigenvalue weighted by molar-refractivity contribution is 0.0737. The van der Waals surface area contributed by atoms with Crippen molar-refractivity contribution in [2.45, 2.75) is 18.7 Å². The average molecular weight is 407 g/mol. The summed E-state index contributed by atoms with van der Waals surface area (Å²) in [6.45, 7) is 7.06. The van der Waals surface area contributed by atoms with Crippen LogP contribution in [-0.2, 0) is 0 Å². The first-order valence-electron chi connectivity index (χ1n) is 9.88. The van der Waals surface area contributed by atoms with Gasteiger partial charge >= 0.3 is 0 Å². The Bertz CT molecular complexity index is 1020. The number of hydrogen-bond donors (Lipinski definition) is 0. The van der Waals surface area contributed by atoms with Crippen LogP contribution in [0.4, 0.5) is 5.69 Å². The van der Waals surface area contributed by atoms with Crippen molar-refractivity contribution in [1.82, 2.24) is 14.7 Å². The highest BCUT2D eigenvalue weighted by molar-refractivity contribution is 7.98. The van der Waals surface area contributed by atoms with Crippen LogP contribution < -0.4 is 4.90 Å². The van der Waals surface area contributed by atoms with E-state index in [9.17, 15) is 4.79 Å². The Labute approximate surface area is 176 Å². The van der Waals surface area contributed by atoms with Gasteiger partial charge in [-0.1, -0.05) is 24.3 Å². The molecule has 1 aliphatic rings. The summed E-state index contributed by atoms with van der Waals surface area (Å²) in [5, 5.41) is 4.58. The molecule has 0 spiro atoms. The van der Waals surface area contributed by atoms with Gasteiger partial charge in [0.1, 0.15) is 5.69 Å². The predicted octanol–water partition coefficient (Wildman–Crippen LogP) is 4.17. The first kappa shape index (κ1) is 19.6. The lowest BCUT2D eigenvalue weighted by Gasteiger charge is -2.36. The molecule has 6 heteroatoms. The third kappa shape index (κ3) is 4.03. The summed E-state index contributed by atoms with van der Waals surface area (Å²) in [5.74, 6) is 0.0462. The highest BCUT2D eigenvalue weighted by atomic mass is 32.2. The lowest BCUT2D eigenvalue weighted by atomic mass is 10.2. The minimum atomic E-state index is 0.0462. The number of hydrogen-bond acceptors (Lipinski definition) is 4. The van der Waals surface area contributed by atoms with Crippen LogP contribution in [0.2, 0.25) is 0 Å². The molecule has 4 rings (SSSR count). The van der Waals surface area contributed by atoms with Gasteiger partial charge in [0.25, 0.3) is 5.91 Å². The van der Waals surface area contributed by atoms with Gasteiger partial charge in [-0.15, -0.1) is 11.8 Å². The third-order valence-electron chi connectivity index (χ3n) is 5.29. The number of thioether (sulfide) groups is 1. The molecule has 0 saturated carbocycles. The SMILES string of the molecule is CSc1ccccc1N1CCN(C(=O)c2cc(C)nn2-c2cccc(C)c2)CC1. The van der Waals surface area contributed by atoms with E-state index in [1.54, 1.807) is 16.4 Å². The standard InChI is InChI=1S/C23H26N4OS/c1-17-7-6-8-19(15-17)27-21(16-18(2)24-27)23(28)26-13-11-25(12-14-26)20-9-4-5-10-22(20)29-3/h4-10,15-16H,11-14H2,1-3H3. The molecule has 0 radical (unpaired) electrons. The van der Waals surface area contributed by atoms with Gasteiger partial charge in [-0.3, -0.25) is 4.79 Å². The molecule has 1 aromatic heterocycles. The Hall–Kier alpha value is -2.73. The van der Waals surface area contributed by atoms with Gasteiger partial charge < -0.3 is 9.80 Å². The summed E-state index contributed by atoms with van der Waals surface area (Å²) in [6.07, 6.45) is 2.10. The van der Waals surface area contributed by atoms with Crippen LogP contribution in [-0.4, -0.2) is 53.0 Å². The van der Waals surface area contributed by atoms with Crippen LogP contribution in [0.1, 0.15) is 21.7 Å². The molecule has 150 valence electrons. The van der Waals surface area contributed by atoms with Crippen molar-refractivity contribution >= 4 is 23.4 Å². The van der Waals surface area contributed by atoms with Crippen molar-refractivity contribution in [3.8, 4) is 5.69 Å². The number of benzene rings is 2. The van der Waals surface area contributed by atoms with Gasteiger partial charge in [-0.2, -0.15) is 5.10 Å². The molecule has 1 aliphatic heterocycles. The number of aryl methyl sites for hydroxylation is 2. The van der Waals surface area contributed by atoms with E-state index in [1.165, 1.54) is 10.6 Å². The first-order chi connectivity index (χ1) is 14.1. The van der Waals surface area contributed by atoms with Gasteiger partial charge in [-0.25, -0.2) is 4.68 Å². The van der Waals surface area contributed by atoms with Gasteiger partial charge in [0.05, 0.1) is 17.1 Å². The molecule has 0 aliphatic carbocycles. The fourth-order valence-corrected chi connectivity index (χ4v) is 4.43. The summed E-state index contributed by atoms with van der Waals surface area (Å²) in [6, 6.07) is 18.5. The van der Waals surface area contributed by atoms with Crippen LogP contribution in [0.3, 0.4) is 0 Å². The van der Waals surface area contributed by atoms with Crippen molar-refractivity contribution < 1.29 is 4.79 Å². The van der Waals surface area contributed by atoms with E-state index in [0.717, 1.165) is 30.0 Å². The van der Waals surface area contributed by atoms with E-state index >= 15 is 0 Å². The normalized spacial score (nSPS) is 14.3. The van der Waals surface area contributed by atoms with E-state index in [0.29, 0.717) is 18.8 Å². The van der Waals surface area contributed by atoms with Crippen molar-refractivity contribution in [3.05, 3.63) is 71.5 Å². The predicted molar refractivity (Wildman–Crippen MR) is 119 cm³/mol. The summed E-state index contributed by atoms with van der Waals surface area (Å²) in [7, 11) is 0. The van der Waals surface area contributed by atoms with E-state index in [-0.39, 0.29) is 5.91 Å². The number of carbonyl (C=O) groups excluding carboxylic acids is 1. The Morgan fingerprint density at radius 1 is 0.966 bits per heavy atom. The fraction of sp³-hybridized carbons (Fsp3) is 0.304. The van der Waals surface area contributed by atoms with Crippen LogP contribution in [0.5, 0.6) is 0 Å². The second-order valence-electron chi connectivity index (χ2n) is 7.37. The Balaban J connectivity index is 1.52. The molecule has 2 aromatic carbocycles. The number of piperazine rings is 1. The molecule has 0 bridgehead atoms. The maximum absolute atomic E-state index is 13.3. The summed E-state index contributed by atoms with van der Waals surface area (Å²) < 4.78 is 1.78. The van der Waals surface area contributed by atoms with Crippen LogP contribution in [0.15, 0.2) is 59.5 Å². The Morgan fingerprint density at radius 2 is 1.72 bits per heavy atom. The van der Waals surface area contributed by atoms with Crippen molar-refractivity contribution in [2.24, 2.45) is 0 Å². The van der Waals surface area contributed by atoms with E-state index in [2.05, 4.69) is 46.6 Å². The van der Waals surface area contributed by atoms with E-state index < -0.39 is 0 Å². The van der Waals surface area contributed by atoms with E-state index in [4.69, 9.17) is 0 Å². The molecular formula is C23H26N4OS. The largest absolute Gasteiger partial charge is 0.367 e. The van der Waals surface area contributed by atoms with E-state index in [1.807, 2.05) is 43.0 Å². The summed E-state index contributed by atoms with van der Waals surface area (Å²) >= 11 is 1.76. The number of para-hydroxylation sites is 1. The molecule has 2 heterocycles. The number of rotatable bonds is 4. The van der Waals surface area contributed by atoms with Gasteiger partial charge in [0.2, 0.25) is 0 Å².